The van der Waals surface area contributed by atoms with Crippen molar-refractivity contribution in [3.05, 3.63) is 0 Å². The van der Waals surface area contributed by atoms with Gasteiger partial charge in [0.1, 0.15) is 0 Å². The van der Waals surface area contributed by atoms with Gasteiger partial charge in [0.2, 0.25) is 0 Å². The zero-order valence-corrected chi connectivity index (χ0v) is 9.85. The highest BCUT2D eigenvalue weighted by Gasteiger charge is 2.14. The van der Waals surface area contributed by atoms with Gasteiger partial charge in [0.25, 0.3) is 0 Å². The van der Waals surface area contributed by atoms with E-state index in [0.29, 0.717) is 0 Å². The van der Waals surface area contributed by atoms with Crippen LogP contribution in [0.2, 0.25) is 0 Å². The number of rotatable bonds is 5. The van der Waals surface area contributed by atoms with Gasteiger partial charge >= 0.3 is 0 Å². The molecule has 1 aliphatic heterocycles. The molecule has 0 amide bonds. The maximum atomic E-state index is 4.51. The van der Waals surface area contributed by atoms with Crippen molar-refractivity contribution in [2.45, 2.75) is 32.6 Å². The summed E-state index contributed by atoms with van der Waals surface area (Å²) < 4.78 is 0. The van der Waals surface area contributed by atoms with Crippen LogP contribution in [0.3, 0.4) is 0 Å². The van der Waals surface area contributed by atoms with Gasteiger partial charge in [0, 0.05) is 6.54 Å². The number of nitrogens with zero attached hydrogens (tertiary/aromatic N) is 2. The number of thiocarbonyl (C=S) groups is 1. The highest BCUT2D eigenvalue weighted by Crippen LogP contribution is 2.15. The van der Waals surface area contributed by atoms with Crippen LogP contribution in [-0.2, 0) is 0 Å². The fraction of sp³-hybridized carbons (Fsp3) is 0.909. The van der Waals surface area contributed by atoms with Crippen molar-refractivity contribution in [1.29, 1.82) is 0 Å². The molecule has 0 spiro atoms. The largest absolute Gasteiger partial charge is 0.303 e. The minimum atomic E-state index is 0.855. The highest BCUT2D eigenvalue weighted by molar-refractivity contribution is 7.78. The van der Waals surface area contributed by atoms with E-state index in [2.05, 4.69) is 34.2 Å². The number of piperidine rings is 1. The molecule has 1 heterocycles. The van der Waals surface area contributed by atoms with E-state index in [9.17, 15) is 0 Å². The van der Waals surface area contributed by atoms with Gasteiger partial charge in [0.15, 0.2) is 0 Å². The van der Waals surface area contributed by atoms with E-state index in [1.807, 2.05) is 0 Å². The number of hydrogen-bond acceptors (Lipinski definition) is 3. The second kappa shape index (κ2) is 7.10. The zero-order valence-electron chi connectivity index (χ0n) is 9.04. The van der Waals surface area contributed by atoms with Crippen LogP contribution < -0.4 is 0 Å². The van der Waals surface area contributed by atoms with Crippen molar-refractivity contribution in [2.24, 2.45) is 10.9 Å². The fourth-order valence-electron chi connectivity index (χ4n) is 1.86. The van der Waals surface area contributed by atoms with Crippen LogP contribution in [0.25, 0.3) is 0 Å². The first-order valence-electron chi connectivity index (χ1n) is 5.59. The number of isothiocyanates is 1. The van der Waals surface area contributed by atoms with E-state index >= 15 is 0 Å². The molecule has 0 aromatic carbocycles. The molecule has 0 atom stereocenters. The lowest BCUT2D eigenvalue weighted by Gasteiger charge is -2.29. The number of likely N-dealkylation sites (tertiary alicyclic amines) is 1. The Morgan fingerprint density at radius 2 is 2.07 bits per heavy atom. The van der Waals surface area contributed by atoms with Crippen LogP contribution in [0.1, 0.15) is 32.6 Å². The SMILES string of the molecule is CC1CCN(CCCCN=C=S)CC1. The minimum Gasteiger partial charge on any atom is -0.303 e. The predicted octanol–water partition coefficient (Wildman–Crippen LogP) is 2.60. The maximum Gasteiger partial charge on any atom is 0.0584 e. The van der Waals surface area contributed by atoms with Crippen LogP contribution in [0.15, 0.2) is 4.99 Å². The molecule has 1 saturated heterocycles. The molecule has 1 rings (SSSR count). The zero-order chi connectivity index (χ0) is 10.2. The molecule has 0 aliphatic carbocycles. The quantitative estimate of drug-likeness (QED) is 0.395. The molecule has 0 unspecified atom stereocenters. The van der Waals surface area contributed by atoms with Gasteiger partial charge < -0.3 is 4.90 Å². The Labute approximate surface area is 92.4 Å². The first kappa shape index (κ1) is 11.8. The summed E-state index contributed by atoms with van der Waals surface area (Å²) in [6.07, 6.45) is 5.14. The Balaban J connectivity index is 1.99. The van der Waals surface area contributed by atoms with Crippen molar-refractivity contribution in [3.8, 4) is 0 Å². The average molecular weight is 212 g/mol. The molecule has 3 heteroatoms. The molecule has 0 radical (unpaired) electrons. The second-order valence-corrected chi connectivity index (χ2v) is 4.39. The van der Waals surface area contributed by atoms with Crippen molar-refractivity contribution in [1.82, 2.24) is 4.90 Å². The lowest BCUT2D eigenvalue weighted by Crippen LogP contribution is -2.33. The minimum absolute atomic E-state index is 0.855. The second-order valence-electron chi connectivity index (χ2n) is 4.20. The van der Waals surface area contributed by atoms with E-state index in [0.717, 1.165) is 18.9 Å². The summed E-state index contributed by atoms with van der Waals surface area (Å²) in [7, 11) is 0. The van der Waals surface area contributed by atoms with E-state index in [-0.39, 0.29) is 0 Å². The summed E-state index contributed by atoms with van der Waals surface area (Å²) in [5.41, 5.74) is 0. The number of aliphatic imine (C=N–C) groups is 1. The third kappa shape index (κ3) is 4.85. The third-order valence-electron chi connectivity index (χ3n) is 2.94. The van der Waals surface area contributed by atoms with Gasteiger partial charge in [-0.05, 0) is 63.5 Å². The summed E-state index contributed by atoms with van der Waals surface area (Å²) in [6.45, 7) is 7.02. The van der Waals surface area contributed by atoms with Gasteiger partial charge in [-0.3, -0.25) is 0 Å². The van der Waals surface area contributed by atoms with Crippen LogP contribution in [-0.4, -0.2) is 36.2 Å². The predicted molar refractivity (Wildman–Crippen MR) is 64.0 cm³/mol. The average Bonchev–Trinajstić information content (AvgIpc) is 2.21. The van der Waals surface area contributed by atoms with Crippen LogP contribution >= 0.6 is 12.2 Å². The Kier molecular flexibility index (Phi) is 6.00. The van der Waals surface area contributed by atoms with E-state index in [1.165, 1.54) is 38.9 Å². The molecule has 0 N–H and O–H groups in total. The molecular formula is C11H20N2S. The summed E-state index contributed by atoms with van der Waals surface area (Å²) in [5.74, 6) is 0.936. The van der Waals surface area contributed by atoms with Crippen LogP contribution in [0, 0.1) is 5.92 Å². The first-order chi connectivity index (χ1) is 6.83. The fourth-order valence-corrected chi connectivity index (χ4v) is 1.95. The molecular weight excluding hydrogens is 192 g/mol. The summed E-state index contributed by atoms with van der Waals surface area (Å²) in [6, 6.07) is 0. The summed E-state index contributed by atoms with van der Waals surface area (Å²) >= 11 is 4.51. The van der Waals surface area contributed by atoms with Crippen molar-refractivity contribution in [3.63, 3.8) is 0 Å². The molecule has 0 bridgehead atoms. The molecule has 0 aromatic rings. The number of unbranched alkanes of at least 4 members (excludes halogenated alkanes) is 1. The van der Waals surface area contributed by atoms with Crippen molar-refractivity contribution < 1.29 is 0 Å². The van der Waals surface area contributed by atoms with Gasteiger partial charge in [-0.1, -0.05) is 6.92 Å². The van der Waals surface area contributed by atoms with Crippen molar-refractivity contribution in [2.75, 3.05) is 26.2 Å². The molecule has 2 nitrogen and oxygen atoms in total. The van der Waals surface area contributed by atoms with Crippen molar-refractivity contribution >= 4 is 17.4 Å². The van der Waals surface area contributed by atoms with Gasteiger partial charge in [-0.15, -0.1) is 0 Å². The first-order valence-corrected chi connectivity index (χ1v) is 5.99. The molecule has 0 aromatic heterocycles. The van der Waals surface area contributed by atoms with Gasteiger partial charge in [-0.2, -0.15) is 0 Å². The molecule has 0 saturated carbocycles. The van der Waals surface area contributed by atoms with E-state index in [4.69, 9.17) is 0 Å². The Bertz CT molecular complexity index is 191. The highest BCUT2D eigenvalue weighted by atomic mass is 32.1. The molecule has 14 heavy (non-hydrogen) atoms. The Hall–Kier alpha value is -0.240. The number of hydrogen-bond donors (Lipinski definition) is 0. The lowest BCUT2D eigenvalue weighted by molar-refractivity contribution is 0.190. The maximum absolute atomic E-state index is 4.51. The van der Waals surface area contributed by atoms with E-state index in [1.54, 1.807) is 0 Å². The summed E-state index contributed by atoms with van der Waals surface area (Å²) in [4.78, 5) is 6.48. The Morgan fingerprint density at radius 3 is 2.71 bits per heavy atom. The topological polar surface area (TPSA) is 15.6 Å². The summed E-state index contributed by atoms with van der Waals surface area (Å²) in [5, 5.41) is 2.41. The molecule has 80 valence electrons. The third-order valence-corrected chi connectivity index (χ3v) is 3.06. The lowest BCUT2D eigenvalue weighted by atomic mass is 9.99. The smallest absolute Gasteiger partial charge is 0.0584 e. The van der Waals surface area contributed by atoms with Crippen LogP contribution in [0.4, 0.5) is 0 Å². The normalized spacial score (nSPS) is 19.2. The molecule has 1 aliphatic rings. The van der Waals surface area contributed by atoms with Gasteiger partial charge in [-0.25, -0.2) is 4.99 Å². The van der Waals surface area contributed by atoms with E-state index < -0.39 is 0 Å². The van der Waals surface area contributed by atoms with Gasteiger partial charge in [0.05, 0.1) is 5.16 Å². The monoisotopic (exact) mass is 212 g/mol. The Morgan fingerprint density at radius 1 is 1.36 bits per heavy atom. The van der Waals surface area contributed by atoms with Crippen LogP contribution in [0.5, 0.6) is 0 Å². The standard InChI is InChI=1S/C11H20N2S/c1-11-4-8-13(9-5-11)7-3-2-6-12-10-14/h11H,2-9H2,1H3. The molecule has 1 fully saturated rings.